The minimum atomic E-state index is -0.152. The van der Waals surface area contributed by atoms with E-state index in [0.29, 0.717) is 38.8 Å². The molecule has 2 aromatic rings. The van der Waals surface area contributed by atoms with Crippen molar-refractivity contribution >= 4 is 74.3 Å². The number of amides is 2. The predicted molar refractivity (Wildman–Crippen MR) is 116 cm³/mol. The summed E-state index contributed by atoms with van der Waals surface area (Å²) in [5.74, 6) is -0.276. The maximum atomic E-state index is 12.6. The second kappa shape index (κ2) is 8.97. The summed E-state index contributed by atoms with van der Waals surface area (Å²) in [6.45, 7) is 2.27. The molecule has 140 valence electrons. The number of carbonyl (C=O) groups is 2. The van der Waals surface area contributed by atoms with Gasteiger partial charge < -0.3 is 5.32 Å². The first-order valence-corrected chi connectivity index (χ1v) is 10.6. The molecule has 3 rings (SSSR count). The quantitative estimate of drug-likeness (QED) is 0.523. The number of halogens is 1. The Balaban J connectivity index is 1.55. The van der Waals surface area contributed by atoms with E-state index in [1.807, 2.05) is 30.5 Å². The standard InChI is InChI=1S/C18H16ClN3O2S3/c1-11-10-26-17(20-11)21-15(23)7-4-8-22-16(24)14(27-18(22)25)9-12-5-2-3-6-13(12)19/h2-3,5-6,9-10H,4,7-8H2,1H3,(H,20,21,23)/b14-9-. The minimum absolute atomic E-state index is 0.124. The normalized spacial score (nSPS) is 15.6. The number of aryl methyl sites for hydroxylation is 1. The van der Waals surface area contributed by atoms with E-state index in [-0.39, 0.29) is 11.8 Å². The molecule has 1 aliphatic heterocycles. The Morgan fingerprint density at radius 3 is 2.89 bits per heavy atom. The number of thiazole rings is 1. The Labute approximate surface area is 175 Å². The maximum absolute atomic E-state index is 12.6. The van der Waals surface area contributed by atoms with Gasteiger partial charge in [0, 0.05) is 23.4 Å². The summed E-state index contributed by atoms with van der Waals surface area (Å²) < 4.78 is 0.495. The first-order valence-electron chi connectivity index (χ1n) is 8.16. The molecule has 1 aromatic heterocycles. The van der Waals surface area contributed by atoms with Gasteiger partial charge in [-0.2, -0.15) is 0 Å². The van der Waals surface area contributed by atoms with Crippen LogP contribution in [-0.2, 0) is 9.59 Å². The highest BCUT2D eigenvalue weighted by atomic mass is 35.5. The maximum Gasteiger partial charge on any atom is 0.266 e. The lowest BCUT2D eigenvalue weighted by Crippen LogP contribution is -2.29. The monoisotopic (exact) mass is 437 g/mol. The van der Waals surface area contributed by atoms with E-state index in [4.69, 9.17) is 23.8 Å². The van der Waals surface area contributed by atoms with Crippen LogP contribution in [0.2, 0.25) is 5.02 Å². The van der Waals surface area contributed by atoms with E-state index in [9.17, 15) is 9.59 Å². The fourth-order valence-corrected chi connectivity index (χ4v) is 4.61. The van der Waals surface area contributed by atoms with Gasteiger partial charge in [0.1, 0.15) is 4.32 Å². The number of aromatic nitrogens is 1. The van der Waals surface area contributed by atoms with Crippen molar-refractivity contribution in [3.8, 4) is 0 Å². The molecule has 9 heteroatoms. The van der Waals surface area contributed by atoms with Crippen molar-refractivity contribution in [2.24, 2.45) is 0 Å². The summed E-state index contributed by atoms with van der Waals surface area (Å²) in [4.78, 5) is 30.9. The number of hydrogen-bond acceptors (Lipinski definition) is 6. The molecule has 0 unspecified atom stereocenters. The van der Waals surface area contributed by atoms with Gasteiger partial charge in [-0.1, -0.05) is 53.8 Å². The van der Waals surface area contributed by atoms with Crippen LogP contribution in [0.15, 0.2) is 34.6 Å². The van der Waals surface area contributed by atoms with Gasteiger partial charge in [-0.05, 0) is 31.1 Å². The molecular weight excluding hydrogens is 422 g/mol. The van der Waals surface area contributed by atoms with Crippen molar-refractivity contribution in [3.63, 3.8) is 0 Å². The lowest BCUT2D eigenvalue weighted by molar-refractivity contribution is -0.122. The van der Waals surface area contributed by atoms with E-state index < -0.39 is 0 Å². The van der Waals surface area contributed by atoms with Gasteiger partial charge in [0.2, 0.25) is 5.91 Å². The molecule has 1 aromatic carbocycles. The van der Waals surface area contributed by atoms with Crippen LogP contribution in [-0.4, -0.2) is 32.6 Å². The van der Waals surface area contributed by atoms with Crippen molar-refractivity contribution in [1.29, 1.82) is 0 Å². The number of anilines is 1. The number of thiocarbonyl (C=S) groups is 1. The molecule has 0 radical (unpaired) electrons. The third-order valence-electron chi connectivity index (χ3n) is 3.72. The first-order chi connectivity index (χ1) is 12.9. The molecule has 0 saturated carbocycles. The number of thioether (sulfide) groups is 1. The van der Waals surface area contributed by atoms with Crippen LogP contribution < -0.4 is 5.32 Å². The molecule has 2 amide bonds. The second-order valence-corrected chi connectivity index (χ2v) is 8.74. The SMILES string of the molecule is Cc1csc(NC(=O)CCCN2C(=O)/C(=C/c3ccccc3Cl)SC2=S)n1. The summed E-state index contributed by atoms with van der Waals surface area (Å²) in [6, 6.07) is 7.32. The molecular formula is C18H16ClN3O2S3. The van der Waals surface area contributed by atoms with Crippen LogP contribution in [0.3, 0.4) is 0 Å². The number of carbonyl (C=O) groups excluding carboxylic acids is 2. The average molecular weight is 438 g/mol. The third kappa shape index (κ3) is 5.16. The van der Waals surface area contributed by atoms with Gasteiger partial charge in [0.25, 0.3) is 5.91 Å². The molecule has 1 aliphatic rings. The molecule has 1 N–H and O–H groups in total. The summed E-state index contributed by atoms with van der Waals surface area (Å²) >= 11 is 14.1. The van der Waals surface area contributed by atoms with E-state index in [1.54, 1.807) is 12.1 Å². The number of benzene rings is 1. The van der Waals surface area contributed by atoms with Crippen LogP contribution in [0.1, 0.15) is 24.1 Å². The van der Waals surface area contributed by atoms with Crippen molar-refractivity contribution < 1.29 is 9.59 Å². The smallest absolute Gasteiger partial charge is 0.266 e. The highest BCUT2D eigenvalue weighted by Gasteiger charge is 2.31. The molecule has 1 fully saturated rings. The topological polar surface area (TPSA) is 62.3 Å². The van der Waals surface area contributed by atoms with Gasteiger partial charge in [-0.3, -0.25) is 14.5 Å². The second-order valence-electron chi connectivity index (χ2n) is 5.80. The van der Waals surface area contributed by atoms with Gasteiger partial charge in [-0.25, -0.2) is 4.98 Å². The molecule has 2 heterocycles. The lowest BCUT2D eigenvalue weighted by Gasteiger charge is -2.13. The zero-order valence-electron chi connectivity index (χ0n) is 14.4. The zero-order chi connectivity index (χ0) is 19.4. The summed E-state index contributed by atoms with van der Waals surface area (Å²) in [7, 11) is 0. The first kappa shape index (κ1) is 20.0. The van der Waals surface area contributed by atoms with Crippen molar-refractivity contribution in [2.75, 3.05) is 11.9 Å². The van der Waals surface area contributed by atoms with Gasteiger partial charge in [0.05, 0.1) is 10.6 Å². The van der Waals surface area contributed by atoms with E-state index >= 15 is 0 Å². The van der Waals surface area contributed by atoms with Crippen LogP contribution in [0.5, 0.6) is 0 Å². The highest BCUT2D eigenvalue weighted by molar-refractivity contribution is 8.26. The predicted octanol–water partition coefficient (Wildman–Crippen LogP) is 4.73. The molecule has 0 atom stereocenters. The van der Waals surface area contributed by atoms with Crippen LogP contribution in [0.25, 0.3) is 6.08 Å². The molecule has 1 saturated heterocycles. The molecule has 5 nitrogen and oxygen atoms in total. The van der Waals surface area contributed by atoms with Crippen molar-refractivity contribution in [1.82, 2.24) is 9.88 Å². The zero-order valence-corrected chi connectivity index (χ0v) is 17.6. The van der Waals surface area contributed by atoms with Gasteiger partial charge in [-0.15, -0.1) is 11.3 Å². The Morgan fingerprint density at radius 1 is 1.41 bits per heavy atom. The van der Waals surface area contributed by atoms with E-state index in [0.717, 1.165) is 11.3 Å². The van der Waals surface area contributed by atoms with E-state index in [2.05, 4.69) is 10.3 Å². The number of nitrogens with one attached hydrogen (secondary N) is 1. The molecule has 0 spiro atoms. The van der Waals surface area contributed by atoms with E-state index in [1.165, 1.54) is 28.0 Å². The fourth-order valence-electron chi connectivity index (χ4n) is 2.42. The largest absolute Gasteiger partial charge is 0.302 e. The lowest BCUT2D eigenvalue weighted by atomic mass is 10.2. The summed E-state index contributed by atoms with van der Waals surface area (Å²) in [6.07, 6.45) is 2.56. The Kier molecular flexibility index (Phi) is 6.64. The number of hydrogen-bond donors (Lipinski definition) is 1. The number of rotatable bonds is 6. The molecule has 0 bridgehead atoms. The molecule has 27 heavy (non-hydrogen) atoms. The average Bonchev–Trinajstić information content (AvgIpc) is 3.14. The van der Waals surface area contributed by atoms with Crippen LogP contribution in [0, 0.1) is 6.92 Å². The van der Waals surface area contributed by atoms with Crippen molar-refractivity contribution in [2.45, 2.75) is 19.8 Å². The fraction of sp³-hybridized carbons (Fsp3) is 0.222. The summed E-state index contributed by atoms with van der Waals surface area (Å²) in [5.41, 5.74) is 1.65. The van der Waals surface area contributed by atoms with Gasteiger partial charge in [0.15, 0.2) is 5.13 Å². The van der Waals surface area contributed by atoms with Gasteiger partial charge >= 0.3 is 0 Å². The van der Waals surface area contributed by atoms with Crippen LogP contribution in [0.4, 0.5) is 5.13 Å². The summed E-state index contributed by atoms with van der Waals surface area (Å²) in [5, 5.41) is 5.80. The van der Waals surface area contributed by atoms with Crippen LogP contribution >= 0.6 is 46.9 Å². The van der Waals surface area contributed by atoms with Crippen molar-refractivity contribution in [3.05, 3.63) is 50.8 Å². The third-order valence-corrected chi connectivity index (χ3v) is 6.31. The molecule has 0 aliphatic carbocycles. The Morgan fingerprint density at radius 2 is 2.19 bits per heavy atom. The minimum Gasteiger partial charge on any atom is -0.302 e. The Hall–Kier alpha value is -1.74. The Bertz CT molecular complexity index is 926. The highest BCUT2D eigenvalue weighted by Crippen LogP contribution is 2.33. The number of nitrogens with zero attached hydrogens (tertiary/aromatic N) is 2.